The maximum atomic E-state index is 10.9. The molecule has 0 aromatic rings. The van der Waals surface area contributed by atoms with Gasteiger partial charge in [0, 0.05) is 18.2 Å². The highest BCUT2D eigenvalue weighted by atomic mass is 16.1. The van der Waals surface area contributed by atoms with E-state index in [1.54, 1.807) is 0 Å². The Kier molecular flexibility index (Phi) is 1.88. The Labute approximate surface area is 54.7 Å². The van der Waals surface area contributed by atoms with Gasteiger partial charge in [0.15, 0.2) is 5.78 Å². The van der Waals surface area contributed by atoms with Gasteiger partial charge in [-0.15, -0.1) is 0 Å². The van der Waals surface area contributed by atoms with Gasteiger partial charge in [-0.2, -0.15) is 0 Å². The summed E-state index contributed by atoms with van der Waals surface area (Å²) in [5.41, 5.74) is 6.03. The third kappa shape index (κ3) is 1.31. The minimum absolute atomic E-state index is 0.240. The molecule has 1 fully saturated rings. The van der Waals surface area contributed by atoms with Crippen molar-refractivity contribution in [3.05, 3.63) is 11.8 Å². The van der Waals surface area contributed by atoms with E-state index in [1.807, 2.05) is 0 Å². The number of nitrogens with two attached hydrogens (primary N) is 1. The first-order chi connectivity index (χ1) is 4.34. The van der Waals surface area contributed by atoms with Crippen LogP contribution < -0.4 is 5.73 Å². The van der Waals surface area contributed by atoms with Crippen molar-refractivity contribution >= 4 is 5.78 Å². The van der Waals surface area contributed by atoms with Crippen LogP contribution in [0.25, 0.3) is 0 Å². The Bertz CT molecular complexity index is 149. The number of rotatable bonds is 0. The van der Waals surface area contributed by atoms with Crippen molar-refractivity contribution in [3.8, 4) is 0 Å². The molecule has 2 nitrogen and oxygen atoms in total. The lowest BCUT2D eigenvalue weighted by molar-refractivity contribution is -0.116. The first-order valence-electron chi connectivity index (χ1n) is 3.28. The molecule has 0 heterocycles. The van der Waals surface area contributed by atoms with Crippen molar-refractivity contribution in [2.45, 2.75) is 25.7 Å². The first-order valence-corrected chi connectivity index (χ1v) is 3.28. The Hall–Kier alpha value is -0.790. The molecule has 2 N–H and O–H groups in total. The number of ketones is 1. The van der Waals surface area contributed by atoms with Crippen molar-refractivity contribution in [2.75, 3.05) is 0 Å². The maximum Gasteiger partial charge on any atom is 0.160 e. The van der Waals surface area contributed by atoms with E-state index in [-0.39, 0.29) is 5.78 Å². The Morgan fingerprint density at radius 1 is 1.33 bits per heavy atom. The summed E-state index contributed by atoms with van der Waals surface area (Å²) in [5.74, 6) is 0.240. The molecule has 0 saturated heterocycles. The van der Waals surface area contributed by atoms with Gasteiger partial charge in [-0.3, -0.25) is 4.79 Å². The average molecular weight is 125 g/mol. The lowest BCUT2D eigenvalue weighted by atomic mass is 9.94. The van der Waals surface area contributed by atoms with E-state index in [1.165, 1.54) is 6.20 Å². The van der Waals surface area contributed by atoms with Gasteiger partial charge in [0.05, 0.1) is 0 Å². The molecule has 0 aromatic heterocycles. The molecule has 1 aliphatic carbocycles. The van der Waals surface area contributed by atoms with Crippen LogP contribution in [0.2, 0.25) is 0 Å². The number of hydrogen-bond acceptors (Lipinski definition) is 2. The van der Waals surface area contributed by atoms with Crippen LogP contribution in [-0.2, 0) is 4.79 Å². The molecule has 0 atom stereocenters. The summed E-state index contributed by atoms with van der Waals surface area (Å²) in [4.78, 5) is 10.9. The van der Waals surface area contributed by atoms with E-state index in [0.717, 1.165) is 24.8 Å². The van der Waals surface area contributed by atoms with E-state index in [9.17, 15) is 4.79 Å². The van der Waals surface area contributed by atoms with Crippen LogP contribution in [0.4, 0.5) is 0 Å². The summed E-state index contributed by atoms with van der Waals surface area (Å²) in [5, 5.41) is 0. The summed E-state index contributed by atoms with van der Waals surface area (Å²) in [6.45, 7) is 0. The van der Waals surface area contributed by atoms with Gasteiger partial charge in [-0.1, -0.05) is 0 Å². The average Bonchev–Trinajstić information content (AvgIpc) is 1.89. The zero-order valence-corrected chi connectivity index (χ0v) is 5.39. The fourth-order valence-corrected chi connectivity index (χ4v) is 1.08. The highest BCUT2D eigenvalue weighted by molar-refractivity contribution is 5.95. The van der Waals surface area contributed by atoms with Gasteiger partial charge in [0.2, 0.25) is 0 Å². The van der Waals surface area contributed by atoms with Crippen LogP contribution in [0.3, 0.4) is 0 Å². The Morgan fingerprint density at radius 2 is 2.00 bits per heavy atom. The van der Waals surface area contributed by atoms with Crippen molar-refractivity contribution in [2.24, 2.45) is 5.73 Å². The zero-order valence-electron chi connectivity index (χ0n) is 5.39. The van der Waals surface area contributed by atoms with E-state index in [4.69, 9.17) is 5.73 Å². The fraction of sp³-hybridized carbons (Fsp3) is 0.571. The maximum absolute atomic E-state index is 10.9. The van der Waals surface area contributed by atoms with Gasteiger partial charge in [0.25, 0.3) is 0 Å². The molecule has 0 aliphatic heterocycles. The van der Waals surface area contributed by atoms with Gasteiger partial charge >= 0.3 is 0 Å². The molecule has 9 heavy (non-hydrogen) atoms. The predicted octanol–water partition coefficient (Wildman–Crippen LogP) is 0.972. The molecular formula is C7H11NO. The summed E-state index contributed by atoms with van der Waals surface area (Å²) in [7, 11) is 0. The van der Waals surface area contributed by atoms with E-state index in [2.05, 4.69) is 0 Å². The molecule has 0 radical (unpaired) electrons. The second-order valence-corrected chi connectivity index (χ2v) is 2.32. The fourth-order valence-electron chi connectivity index (χ4n) is 1.08. The number of carbonyl (C=O) groups is 1. The summed E-state index contributed by atoms with van der Waals surface area (Å²) < 4.78 is 0. The second kappa shape index (κ2) is 2.67. The second-order valence-electron chi connectivity index (χ2n) is 2.32. The lowest BCUT2D eigenvalue weighted by Gasteiger charge is -2.10. The normalized spacial score (nSPS) is 24.9. The van der Waals surface area contributed by atoms with Crippen LogP contribution >= 0.6 is 0 Å². The summed E-state index contributed by atoms with van der Waals surface area (Å²) >= 11 is 0. The van der Waals surface area contributed by atoms with E-state index in [0.29, 0.717) is 6.42 Å². The Morgan fingerprint density at radius 3 is 2.44 bits per heavy atom. The molecule has 0 bridgehead atoms. The van der Waals surface area contributed by atoms with Gasteiger partial charge < -0.3 is 5.73 Å². The van der Waals surface area contributed by atoms with Gasteiger partial charge in [-0.05, 0) is 19.3 Å². The largest absolute Gasteiger partial charge is 0.404 e. The number of allylic oxidation sites excluding steroid dienone is 1. The molecule has 50 valence electrons. The molecular weight excluding hydrogens is 114 g/mol. The number of carbonyl (C=O) groups excluding carboxylic acids is 1. The molecule has 2 heteroatoms. The zero-order chi connectivity index (χ0) is 6.69. The number of hydrogen-bond donors (Lipinski definition) is 1. The molecule has 1 saturated carbocycles. The quantitative estimate of drug-likeness (QED) is 0.490. The summed E-state index contributed by atoms with van der Waals surface area (Å²) in [6.07, 6.45) is 5.19. The third-order valence-corrected chi connectivity index (χ3v) is 1.66. The van der Waals surface area contributed by atoms with Crippen molar-refractivity contribution in [1.29, 1.82) is 0 Å². The molecule has 0 amide bonds. The van der Waals surface area contributed by atoms with Crippen LogP contribution in [-0.4, -0.2) is 5.78 Å². The van der Waals surface area contributed by atoms with Gasteiger partial charge in [0.1, 0.15) is 0 Å². The van der Waals surface area contributed by atoms with Crippen molar-refractivity contribution in [1.82, 2.24) is 0 Å². The molecule has 0 spiro atoms. The van der Waals surface area contributed by atoms with E-state index >= 15 is 0 Å². The SMILES string of the molecule is NC=C1CCCCC1=O. The Balaban J connectivity index is 2.60. The number of Topliss-reactive ketones (excluding diaryl/α,β-unsaturated/α-hetero) is 1. The smallest absolute Gasteiger partial charge is 0.160 e. The highest BCUT2D eigenvalue weighted by Crippen LogP contribution is 2.17. The standard InChI is InChI=1S/C7H11NO/c8-5-6-3-1-2-4-7(6)9/h5H,1-4,8H2. The molecule has 0 aromatic carbocycles. The van der Waals surface area contributed by atoms with Crippen LogP contribution in [0.15, 0.2) is 11.8 Å². The topological polar surface area (TPSA) is 43.1 Å². The van der Waals surface area contributed by atoms with Crippen molar-refractivity contribution in [3.63, 3.8) is 0 Å². The van der Waals surface area contributed by atoms with Crippen LogP contribution in [0.5, 0.6) is 0 Å². The van der Waals surface area contributed by atoms with Crippen LogP contribution in [0, 0.1) is 0 Å². The highest BCUT2D eigenvalue weighted by Gasteiger charge is 2.13. The van der Waals surface area contributed by atoms with Gasteiger partial charge in [-0.25, -0.2) is 0 Å². The lowest BCUT2D eigenvalue weighted by Crippen LogP contribution is -2.09. The molecule has 0 unspecified atom stereocenters. The molecule has 1 aliphatic rings. The van der Waals surface area contributed by atoms with E-state index < -0.39 is 0 Å². The minimum Gasteiger partial charge on any atom is -0.404 e. The van der Waals surface area contributed by atoms with Crippen LogP contribution in [0.1, 0.15) is 25.7 Å². The minimum atomic E-state index is 0.240. The monoisotopic (exact) mass is 125 g/mol. The first kappa shape index (κ1) is 6.33. The summed E-state index contributed by atoms with van der Waals surface area (Å²) in [6, 6.07) is 0. The molecule has 1 rings (SSSR count). The predicted molar refractivity (Wildman–Crippen MR) is 35.7 cm³/mol. The van der Waals surface area contributed by atoms with Crippen molar-refractivity contribution < 1.29 is 4.79 Å². The third-order valence-electron chi connectivity index (χ3n) is 1.66.